The maximum Gasteiger partial charge on any atom is 0.303 e. The minimum Gasteiger partial charge on any atom is -0.481 e. The van der Waals surface area contributed by atoms with Crippen LogP contribution in [0.2, 0.25) is 0 Å². The second kappa shape index (κ2) is 5.87. The Morgan fingerprint density at radius 3 is 2.83 bits per heavy atom. The van der Waals surface area contributed by atoms with Gasteiger partial charge in [0.05, 0.1) is 0 Å². The molecule has 2 N–H and O–H groups in total. The molecule has 18 heavy (non-hydrogen) atoms. The molecule has 1 aliphatic heterocycles. The van der Waals surface area contributed by atoms with Gasteiger partial charge in [-0.2, -0.15) is 0 Å². The van der Waals surface area contributed by atoms with Gasteiger partial charge in [-0.05, 0) is 25.5 Å². The average molecular weight is 248 g/mol. The summed E-state index contributed by atoms with van der Waals surface area (Å²) in [4.78, 5) is 13.0. The maximum atomic E-state index is 10.7. The summed E-state index contributed by atoms with van der Waals surface area (Å²) in [5.74, 6) is -0.721. The van der Waals surface area contributed by atoms with Crippen LogP contribution in [0.25, 0.3) is 0 Å². The highest BCUT2D eigenvalue weighted by molar-refractivity contribution is 5.66. The largest absolute Gasteiger partial charge is 0.481 e. The third-order valence-corrected chi connectivity index (χ3v) is 3.39. The Balaban J connectivity index is 2.08. The molecule has 2 rings (SSSR count). The molecule has 0 saturated carbocycles. The fourth-order valence-electron chi connectivity index (χ4n) is 2.44. The van der Waals surface area contributed by atoms with Crippen molar-refractivity contribution in [2.45, 2.75) is 31.8 Å². The van der Waals surface area contributed by atoms with Gasteiger partial charge in [0.2, 0.25) is 0 Å². The number of carboxylic acids is 1. The monoisotopic (exact) mass is 248 g/mol. The topological polar surface area (TPSA) is 52.6 Å². The first-order valence-electron chi connectivity index (χ1n) is 6.43. The van der Waals surface area contributed by atoms with Gasteiger partial charge in [-0.25, -0.2) is 0 Å². The summed E-state index contributed by atoms with van der Waals surface area (Å²) in [6.07, 6.45) is 0.911. The van der Waals surface area contributed by atoms with E-state index in [-0.39, 0.29) is 12.5 Å². The summed E-state index contributed by atoms with van der Waals surface area (Å²) in [7, 11) is 0. The molecule has 2 atom stereocenters. The van der Waals surface area contributed by atoms with Crippen LogP contribution in [0.4, 0.5) is 5.69 Å². The maximum absolute atomic E-state index is 10.7. The van der Waals surface area contributed by atoms with Crippen molar-refractivity contribution in [2.24, 2.45) is 0 Å². The van der Waals surface area contributed by atoms with Crippen molar-refractivity contribution in [2.75, 3.05) is 18.0 Å². The van der Waals surface area contributed by atoms with Crippen LogP contribution in [0.3, 0.4) is 0 Å². The van der Waals surface area contributed by atoms with Gasteiger partial charge >= 0.3 is 5.97 Å². The Bertz CT molecular complexity index is 394. The van der Waals surface area contributed by atoms with Gasteiger partial charge in [-0.3, -0.25) is 4.79 Å². The third-order valence-electron chi connectivity index (χ3n) is 3.39. The molecule has 0 radical (unpaired) electrons. The molecule has 0 bridgehead atoms. The summed E-state index contributed by atoms with van der Waals surface area (Å²) >= 11 is 0. The number of benzene rings is 1. The van der Waals surface area contributed by atoms with E-state index in [9.17, 15) is 4.79 Å². The Kier molecular flexibility index (Phi) is 4.20. The van der Waals surface area contributed by atoms with Gasteiger partial charge in [0.15, 0.2) is 0 Å². The van der Waals surface area contributed by atoms with Crippen molar-refractivity contribution >= 4 is 11.7 Å². The standard InChI is InChI=1S/C14H20N2O2/c1-11-10-16(12-5-3-2-4-6-12)13(9-15-11)7-8-14(17)18/h2-6,11,13,15H,7-10H2,1H3,(H,17,18). The molecule has 1 heterocycles. The molecule has 2 unspecified atom stereocenters. The molecule has 1 aromatic rings. The third kappa shape index (κ3) is 3.23. The van der Waals surface area contributed by atoms with Crippen molar-refractivity contribution < 1.29 is 9.90 Å². The quantitative estimate of drug-likeness (QED) is 0.852. The zero-order chi connectivity index (χ0) is 13.0. The van der Waals surface area contributed by atoms with E-state index in [0.29, 0.717) is 12.5 Å². The molecule has 1 aromatic carbocycles. The second-order valence-electron chi connectivity index (χ2n) is 4.88. The molecule has 1 saturated heterocycles. The average Bonchev–Trinajstić information content (AvgIpc) is 2.38. The number of hydrogen-bond donors (Lipinski definition) is 2. The van der Waals surface area contributed by atoms with E-state index in [1.54, 1.807) is 0 Å². The predicted octanol–water partition coefficient (Wildman–Crippen LogP) is 1.72. The Labute approximate surface area is 108 Å². The van der Waals surface area contributed by atoms with Crippen molar-refractivity contribution in [1.29, 1.82) is 0 Å². The lowest BCUT2D eigenvalue weighted by Gasteiger charge is -2.41. The number of rotatable bonds is 4. The lowest BCUT2D eigenvalue weighted by molar-refractivity contribution is -0.137. The van der Waals surface area contributed by atoms with Crippen molar-refractivity contribution in [3.63, 3.8) is 0 Å². The molecule has 0 aromatic heterocycles. The van der Waals surface area contributed by atoms with Crippen LogP contribution in [0.5, 0.6) is 0 Å². The minimum absolute atomic E-state index is 0.226. The van der Waals surface area contributed by atoms with E-state index in [4.69, 9.17) is 5.11 Å². The summed E-state index contributed by atoms with van der Waals surface area (Å²) in [6, 6.07) is 10.9. The van der Waals surface area contributed by atoms with Crippen LogP contribution in [-0.2, 0) is 4.79 Å². The molecule has 1 fully saturated rings. The SMILES string of the molecule is CC1CN(c2ccccc2)C(CCC(=O)O)CN1. The van der Waals surface area contributed by atoms with Gasteiger partial charge in [0.25, 0.3) is 0 Å². The van der Waals surface area contributed by atoms with E-state index < -0.39 is 5.97 Å². The highest BCUT2D eigenvalue weighted by Crippen LogP contribution is 2.21. The fraction of sp³-hybridized carbons (Fsp3) is 0.500. The summed E-state index contributed by atoms with van der Waals surface area (Å²) in [5.41, 5.74) is 1.18. The van der Waals surface area contributed by atoms with Crippen LogP contribution in [0.15, 0.2) is 30.3 Å². The lowest BCUT2D eigenvalue weighted by Crippen LogP contribution is -2.55. The van der Waals surface area contributed by atoms with Crippen LogP contribution in [0.1, 0.15) is 19.8 Å². The van der Waals surface area contributed by atoms with E-state index >= 15 is 0 Å². The molecule has 4 heteroatoms. The van der Waals surface area contributed by atoms with Crippen LogP contribution < -0.4 is 10.2 Å². The molecule has 0 aliphatic carbocycles. The number of nitrogens with one attached hydrogen (secondary N) is 1. The molecular formula is C14H20N2O2. The molecular weight excluding hydrogens is 228 g/mol. The summed E-state index contributed by atoms with van der Waals surface area (Å²) in [5, 5.41) is 12.2. The predicted molar refractivity (Wildman–Crippen MR) is 71.9 cm³/mol. The highest BCUT2D eigenvalue weighted by Gasteiger charge is 2.26. The number of carbonyl (C=O) groups is 1. The zero-order valence-corrected chi connectivity index (χ0v) is 10.7. The first-order valence-corrected chi connectivity index (χ1v) is 6.43. The Morgan fingerprint density at radius 2 is 2.17 bits per heavy atom. The van der Waals surface area contributed by atoms with Crippen LogP contribution in [-0.4, -0.2) is 36.2 Å². The normalized spacial score (nSPS) is 23.9. The molecule has 0 amide bonds. The number of nitrogens with zero attached hydrogens (tertiary/aromatic N) is 1. The molecule has 1 aliphatic rings. The number of piperazine rings is 1. The number of hydrogen-bond acceptors (Lipinski definition) is 3. The fourth-order valence-corrected chi connectivity index (χ4v) is 2.44. The smallest absolute Gasteiger partial charge is 0.303 e. The van der Waals surface area contributed by atoms with Gasteiger partial charge in [-0.1, -0.05) is 18.2 Å². The van der Waals surface area contributed by atoms with E-state index in [0.717, 1.165) is 13.1 Å². The first-order chi connectivity index (χ1) is 8.66. The molecule has 0 spiro atoms. The molecule has 4 nitrogen and oxygen atoms in total. The van der Waals surface area contributed by atoms with Crippen LogP contribution in [0, 0.1) is 0 Å². The second-order valence-corrected chi connectivity index (χ2v) is 4.88. The lowest BCUT2D eigenvalue weighted by atomic mass is 10.0. The summed E-state index contributed by atoms with van der Waals surface area (Å²) in [6.45, 7) is 3.93. The number of carboxylic acid groups (broad SMARTS) is 1. The van der Waals surface area contributed by atoms with E-state index in [1.165, 1.54) is 5.69 Å². The molecule has 98 valence electrons. The number of aliphatic carboxylic acids is 1. The van der Waals surface area contributed by atoms with E-state index in [2.05, 4.69) is 29.3 Å². The van der Waals surface area contributed by atoms with Gasteiger partial charge in [0, 0.05) is 37.3 Å². The van der Waals surface area contributed by atoms with Crippen molar-refractivity contribution in [3.8, 4) is 0 Å². The number of anilines is 1. The Hall–Kier alpha value is -1.55. The van der Waals surface area contributed by atoms with Crippen molar-refractivity contribution in [1.82, 2.24) is 5.32 Å². The van der Waals surface area contributed by atoms with E-state index in [1.807, 2.05) is 18.2 Å². The van der Waals surface area contributed by atoms with Crippen molar-refractivity contribution in [3.05, 3.63) is 30.3 Å². The van der Waals surface area contributed by atoms with Crippen LogP contribution >= 0.6 is 0 Å². The highest BCUT2D eigenvalue weighted by atomic mass is 16.4. The first kappa shape index (κ1) is 12.9. The van der Waals surface area contributed by atoms with Gasteiger partial charge in [0.1, 0.15) is 0 Å². The van der Waals surface area contributed by atoms with Gasteiger partial charge in [-0.15, -0.1) is 0 Å². The number of para-hydroxylation sites is 1. The Morgan fingerprint density at radius 1 is 1.44 bits per heavy atom. The minimum atomic E-state index is -0.721. The summed E-state index contributed by atoms with van der Waals surface area (Å²) < 4.78 is 0. The van der Waals surface area contributed by atoms with Gasteiger partial charge < -0.3 is 15.3 Å². The zero-order valence-electron chi connectivity index (χ0n) is 10.7.